The summed E-state index contributed by atoms with van der Waals surface area (Å²) in [6, 6.07) is 22.9. The highest BCUT2D eigenvalue weighted by Crippen LogP contribution is 2.40. The van der Waals surface area contributed by atoms with Crippen LogP contribution in [0.2, 0.25) is 5.02 Å². The molecule has 8 heteroatoms. The van der Waals surface area contributed by atoms with Gasteiger partial charge in [0, 0.05) is 11.4 Å². The molecule has 0 aromatic heterocycles. The van der Waals surface area contributed by atoms with Crippen molar-refractivity contribution in [3.63, 3.8) is 0 Å². The monoisotopic (exact) mass is 503 g/mol. The van der Waals surface area contributed by atoms with Crippen LogP contribution in [0.5, 0.6) is 11.5 Å². The number of amidine groups is 1. The smallest absolute Gasteiger partial charge is 0.286 e. The molecule has 2 heterocycles. The fourth-order valence-electron chi connectivity index (χ4n) is 3.94. The van der Waals surface area contributed by atoms with E-state index in [0.717, 1.165) is 33.9 Å². The van der Waals surface area contributed by atoms with Gasteiger partial charge in [-0.05, 0) is 83.1 Å². The number of hydrogen-bond acceptors (Lipinski definition) is 6. The maximum atomic E-state index is 12.8. The number of methoxy groups -OCH3 is 2. The molecular formula is C27H22ClN3O3S. The fraction of sp³-hybridized carbons (Fsp3) is 0.148. The third-order valence-electron chi connectivity index (χ3n) is 5.81. The highest BCUT2D eigenvalue weighted by molar-refractivity contribution is 8.18. The first-order valence-corrected chi connectivity index (χ1v) is 12.2. The van der Waals surface area contributed by atoms with E-state index < -0.39 is 0 Å². The Kier molecular flexibility index (Phi) is 6.61. The summed E-state index contributed by atoms with van der Waals surface area (Å²) in [5, 5.41) is 7.97. The van der Waals surface area contributed by atoms with Gasteiger partial charge in [-0.15, -0.1) is 0 Å². The van der Waals surface area contributed by atoms with Crippen LogP contribution in [0.25, 0.3) is 6.08 Å². The van der Waals surface area contributed by atoms with Crippen LogP contribution in [-0.4, -0.2) is 36.0 Å². The van der Waals surface area contributed by atoms with Crippen molar-refractivity contribution in [2.75, 3.05) is 14.2 Å². The van der Waals surface area contributed by atoms with Crippen LogP contribution in [0, 0.1) is 0 Å². The van der Waals surface area contributed by atoms with Crippen molar-refractivity contribution in [1.82, 2.24) is 5.01 Å². The second-order valence-corrected chi connectivity index (χ2v) is 9.42. The Morgan fingerprint density at radius 2 is 1.57 bits per heavy atom. The highest BCUT2D eigenvalue weighted by Gasteiger charge is 2.36. The SMILES string of the molecule is COc1ccc(/C=C2\SC(N3N=C(c4ccc(OC)cc4)CC3c3ccc(Cl)cc3)=NC2=O)cc1. The molecule has 0 spiro atoms. The van der Waals surface area contributed by atoms with Crippen molar-refractivity contribution >= 4 is 46.2 Å². The standard InChI is InChI=1S/C27H22ClN3O3S/c1-33-21-11-3-17(4-12-21)15-25-26(32)29-27(35-25)31-24(19-5-9-20(28)10-6-19)16-23(30-31)18-7-13-22(34-2)14-8-18/h3-15,24H,16H2,1-2H3/b25-15-. The van der Waals surface area contributed by atoms with E-state index in [4.69, 9.17) is 26.2 Å². The Balaban J connectivity index is 1.45. The molecule has 2 aliphatic heterocycles. The van der Waals surface area contributed by atoms with Crippen LogP contribution >= 0.6 is 23.4 Å². The lowest BCUT2D eigenvalue weighted by atomic mass is 9.98. The molecule has 35 heavy (non-hydrogen) atoms. The van der Waals surface area contributed by atoms with Crippen molar-refractivity contribution < 1.29 is 14.3 Å². The number of nitrogens with zero attached hydrogens (tertiary/aromatic N) is 3. The largest absolute Gasteiger partial charge is 0.497 e. The van der Waals surface area contributed by atoms with E-state index >= 15 is 0 Å². The molecule has 1 unspecified atom stereocenters. The van der Waals surface area contributed by atoms with Crippen LogP contribution in [0.3, 0.4) is 0 Å². The lowest BCUT2D eigenvalue weighted by Crippen LogP contribution is -2.23. The molecule has 0 radical (unpaired) electrons. The van der Waals surface area contributed by atoms with Gasteiger partial charge in [-0.1, -0.05) is 35.9 Å². The summed E-state index contributed by atoms with van der Waals surface area (Å²) in [6.45, 7) is 0. The molecule has 0 fully saturated rings. The van der Waals surface area contributed by atoms with E-state index in [0.29, 0.717) is 21.5 Å². The third-order valence-corrected chi connectivity index (χ3v) is 7.03. The number of hydrogen-bond donors (Lipinski definition) is 0. The van der Waals surface area contributed by atoms with Crippen molar-refractivity contribution in [3.05, 3.63) is 99.4 Å². The number of ether oxygens (including phenoxy) is 2. The summed E-state index contributed by atoms with van der Waals surface area (Å²) in [5.74, 6) is 1.27. The first kappa shape index (κ1) is 23.2. The molecule has 2 aliphatic rings. The van der Waals surface area contributed by atoms with Gasteiger partial charge in [0.05, 0.1) is 30.9 Å². The van der Waals surface area contributed by atoms with E-state index in [2.05, 4.69) is 4.99 Å². The molecule has 0 saturated heterocycles. The van der Waals surface area contributed by atoms with Crippen LogP contribution in [0.15, 0.2) is 87.8 Å². The average molecular weight is 504 g/mol. The van der Waals surface area contributed by atoms with Crippen LogP contribution in [0.4, 0.5) is 0 Å². The zero-order valence-electron chi connectivity index (χ0n) is 19.1. The number of hydrazone groups is 1. The molecule has 1 atom stereocenters. The van der Waals surface area contributed by atoms with Crippen molar-refractivity contribution in [2.45, 2.75) is 12.5 Å². The zero-order chi connectivity index (χ0) is 24.4. The van der Waals surface area contributed by atoms with Crippen molar-refractivity contribution in [3.8, 4) is 11.5 Å². The minimum atomic E-state index is -0.274. The predicted octanol–water partition coefficient (Wildman–Crippen LogP) is 6.18. The minimum absolute atomic E-state index is 0.108. The van der Waals surface area contributed by atoms with Gasteiger partial charge >= 0.3 is 0 Å². The maximum absolute atomic E-state index is 12.8. The predicted molar refractivity (Wildman–Crippen MR) is 141 cm³/mol. The zero-order valence-corrected chi connectivity index (χ0v) is 20.7. The van der Waals surface area contributed by atoms with Gasteiger partial charge < -0.3 is 9.47 Å². The minimum Gasteiger partial charge on any atom is -0.497 e. The Hall–Kier alpha value is -3.55. The molecule has 1 amide bonds. The summed E-state index contributed by atoms with van der Waals surface area (Å²) < 4.78 is 10.5. The number of carbonyl (C=O) groups excluding carboxylic acids is 1. The van der Waals surface area contributed by atoms with E-state index in [1.54, 1.807) is 14.2 Å². The van der Waals surface area contributed by atoms with Gasteiger partial charge in [0.1, 0.15) is 11.5 Å². The van der Waals surface area contributed by atoms with E-state index in [1.807, 2.05) is 83.9 Å². The van der Waals surface area contributed by atoms with Crippen LogP contribution < -0.4 is 9.47 Å². The molecule has 3 aromatic carbocycles. The molecular weight excluding hydrogens is 482 g/mol. The summed E-state index contributed by atoms with van der Waals surface area (Å²) in [5.41, 5.74) is 3.85. The van der Waals surface area contributed by atoms with E-state index in [-0.39, 0.29) is 11.9 Å². The van der Waals surface area contributed by atoms with Gasteiger partial charge in [-0.3, -0.25) is 4.79 Å². The highest BCUT2D eigenvalue weighted by atomic mass is 35.5. The Morgan fingerprint density at radius 3 is 2.20 bits per heavy atom. The molecule has 3 aromatic rings. The first-order valence-electron chi connectivity index (χ1n) is 11.0. The van der Waals surface area contributed by atoms with Crippen LogP contribution in [-0.2, 0) is 4.79 Å². The van der Waals surface area contributed by atoms with Gasteiger partial charge in [-0.25, -0.2) is 5.01 Å². The molecule has 6 nitrogen and oxygen atoms in total. The second kappa shape index (κ2) is 9.98. The summed E-state index contributed by atoms with van der Waals surface area (Å²) in [7, 11) is 3.27. The normalized spacial score (nSPS) is 18.6. The maximum Gasteiger partial charge on any atom is 0.286 e. The number of amides is 1. The summed E-state index contributed by atoms with van der Waals surface area (Å²) in [4.78, 5) is 17.7. The van der Waals surface area contributed by atoms with Crippen molar-refractivity contribution in [2.24, 2.45) is 10.1 Å². The number of thioether (sulfide) groups is 1. The lowest BCUT2D eigenvalue weighted by molar-refractivity contribution is -0.113. The molecule has 176 valence electrons. The third kappa shape index (κ3) is 4.97. The second-order valence-electron chi connectivity index (χ2n) is 7.97. The lowest BCUT2D eigenvalue weighted by Gasteiger charge is -2.22. The number of halogens is 1. The number of rotatable bonds is 5. The Bertz CT molecular complexity index is 1330. The summed E-state index contributed by atoms with van der Waals surface area (Å²) in [6.07, 6.45) is 2.50. The fourth-order valence-corrected chi connectivity index (χ4v) is 4.98. The molecule has 0 aliphatic carbocycles. The number of benzene rings is 3. The Labute approximate surface area is 212 Å². The molecule has 0 bridgehead atoms. The van der Waals surface area contributed by atoms with E-state index in [1.165, 1.54) is 11.8 Å². The van der Waals surface area contributed by atoms with Gasteiger partial charge in [-0.2, -0.15) is 10.1 Å². The quantitative estimate of drug-likeness (QED) is 0.389. The van der Waals surface area contributed by atoms with E-state index in [9.17, 15) is 4.79 Å². The molecule has 0 N–H and O–H groups in total. The van der Waals surface area contributed by atoms with Crippen LogP contribution in [0.1, 0.15) is 29.2 Å². The van der Waals surface area contributed by atoms with Gasteiger partial charge in [0.15, 0.2) is 5.17 Å². The van der Waals surface area contributed by atoms with Gasteiger partial charge in [0.2, 0.25) is 0 Å². The number of aliphatic imine (C=N–C) groups is 1. The average Bonchev–Trinajstić information content (AvgIpc) is 3.49. The topological polar surface area (TPSA) is 63.5 Å². The van der Waals surface area contributed by atoms with Gasteiger partial charge in [0.25, 0.3) is 5.91 Å². The molecule has 5 rings (SSSR count). The van der Waals surface area contributed by atoms with Crippen molar-refractivity contribution in [1.29, 1.82) is 0 Å². The molecule has 0 saturated carbocycles. The summed E-state index contributed by atoms with van der Waals surface area (Å²) >= 11 is 7.46. The first-order chi connectivity index (χ1) is 17.0. The number of carbonyl (C=O) groups is 1. The Morgan fingerprint density at radius 1 is 0.943 bits per heavy atom.